The molecular formula is C22H22F5NO5S2. The minimum absolute atomic E-state index is 0.146. The predicted molar refractivity (Wildman–Crippen MR) is 116 cm³/mol. The average molecular weight is 540 g/mol. The van der Waals surface area contributed by atoms with Gasteiger partial charge in [-0.15, -0.1) is 0 Å². The number of ether oxygens (including phenoxy) is 1. The highest BCUT2D eigenvalue weighted by molar-refractivity contribution is 7.92. The molecule has 0 bridgehead atoms. The lowest BCUT2D eigenvalue weighted by atomic mass is 9.67. The van der Waals surface area contributed by atoms with Crippen molar-refractivity contribution < 1.29 is 43.5 Å². The van der Waals surface area contributed by atoms with Crippen LogP contribution in [0.1, 0.15) is 30.4 Å². The lowest BCUT2D eigenvalue weighted by Crippen LogP contribution is -2.55. The number of sulfonamides is 1. The van der Waals surface area contributed by atoms with E-state index in [1.54, 1.807) is 0 Å². The Hall–Kier alpha value is -2.25. The molecule has 2 aromatic carbocycles. The van der Waals surface area contributed by atoms with Crippen molar-refractivity contribution >= 4 is 19.9 Å². The van der Waals surface area contributed by atoms with Crippen LogP contribution in [0, 0.1) is 23.5 Å². The van der Waals surface area contributed by atoms with Gasteiger partial charge in [0.15, 0.2) is 21.4 Å². The molecule has 1 N–H and O–H groups in total. The molecule has 1 aliphatic heterocycles. The van der Waals surface area contributed by atoms with Crippen molar-refractivity contribution in [2.75, 3.05) is 19.4 Å². The normalized spacial score (nSPS) is 24.9. The molecule has 3 atom stereocenters. The van der Waals surface area contributed by atoms with Crippen molar-refractivity contribution in [1.82, 2.24) is 4.72 Å². The number of hydrogen-bond acceptors (Lipinski definition) is 5. The molecule has 0 unspecified atom stereocenters. The monoisotopic (exact) mass is 539 g/mol. The lowest BCUT2D eigenvalue weighted by Gasteiger charge is -2.50. The first-order valence-electron chi connectivity index (χ1n) is 10.7. The third kappa shape index (κ3) is 4.42. The van der Waals surface area contributed by atoms with Crippen LogP contribution in [0.3, 0.4) is 0 Å². The number of rotatable bonds is 5. The molecule has 2 aromatic rings. The van der Waals surface area contributed by atoms with Crippen molar-refractivity contribution in [3.8, 4) is 5.75 Å². The van der Waals surface area contributed by atoms with Gasteiger partial charge in [-0.2, -0.15) is 13.2 Å². The number of alkyl halides is 3. The van der Waals surface area contributed by atoms with E-state index in [0.29, 0.717) is 18.6 Å². The Bertz CT molecular complexity index is 1340. The van der Waals surface area contributed by atoms with E-state index in [4.69, 9.17) is 4.74 Å². The Morgan fingerprint density at radius 3 is 2.26 bits per heavy atom. The number of fused-ring (bicyclic) bond motifs is 3. The van der Waals surface area contributed by atoms with Crippen LogP contribution in [0.15, 0.2) is 41.3 Å². The van der Waals surface area contributed by atoms with Crippen LogP contribution < -0.4 is 9.46 Å². The third-order valence-corrected chi connectivity index (χ3v) is 10.0. The second-order valence-electron chi connectivity index (χ2n) is 8.84. The van der Waals surface area contributed by atoms with Gasteiger partial charge in [0.1, 0.15) is 10.6 Å². The number of nitrogens with one attached hydrogen (secondary N) is 1. The molecule has 6 nitrogen and oxygen atoms in total. The van der Waals surface area contributed by atoms with E-state index in [1.807, 2.05) is 0 Å². The topological polar surface area (TPSA) is 89.5 Å². The highest BCUT2D eigenvalue weighted by Crippen LogP contribution is 2.58. The maximum Gasteiger partial charge on any atom is 0.416 e. The van der Waals surface area contributed by atoms with E-state index in [2.05, 4.69) is 4.72 Å². The van der Waals surface area contributed by atoms with Gasteiger partial charge in [0.05, 0.1) is 28.9 Å². The molecule has 0 saturated heterocycles. The SMILES string of the molecule is CS(=O)(=O)NC[C@@H]1CCC[C@@]2(S(=O)(=O)c3ccc(C(F)(F)F)cc3)c3c(F)ccc(F)c3OC[C@@H]12. The fourth-order valence-electron chi connectivity index (χ4n) is 5.22. The van der Waals surface area contributed by atoms with Crippen LogP contribution in [0.25, 0.3) is 0 Å². The molecule has 0 aromatic heterocycles. The minimum Gasteiger partial charge on any atom is -0.490 e. The van der Waals surface area contributed by atoms with Crippen molar-refractivity contribution in [3.63, 3.8) is 0 Å². The van der Waals surface area contributed by atoms with E-state index in [-0.39, 0.29) is 26.0 Å². The van der Waals surface area contributed by atoms with Crippen LogP contribution in [-0.4, -0.2) is 36.2 Å². The van der Waals surface area contributed by atoms with Crippen LogP contribution in [0.5, 0.6) is 5.75 Å². The molecule has 2 aliphatic rings. The summed E-state index contributed by atoms with van der Waals surface area (Å²) in [5, 5.41) is 0. The zero-order valence-corrected chi connectivity index (χ0v) is 20.0. The Labute approximate surface area is 199 Å². The van der Waals surface area contributed by atoms with Crippen LogP contribution in [-0.2, 0) is 30.8 Å². The van der Waals surface area contributed by atoms with E-state index in [1.165, 1.54) is 0 Å². The van der Waals surface area contributed by atoms with Gasteiger partial charge in [-0.1, -0.05) is 6.42 Å². The molecule has 13 heteroatoms. The molecule has 0 spiro atoms. The first-order valence-corrected chi connectivity index (χ1v) is 14.0. The Morgan fingerprint density at radius 1 is 1.03 bits per heavy atom. The molecule has 192 valence electrons. The second kappa shape index (κ2) is 8.70. The van der Waals surface area contributed by atoms with E-state index < -0.39 is 76.0 Å². The van der Waals surface area contributed by atoms with Crippen molar-refractivity contribution in [3.05, 3.63) is 59.2 Å². The van der Waals surface area contributed by atoms with Gasteiger partial charge in [-0.3, -0.25) is 0 Å². The van der Waals surface area contributed by atoms with E-state index >= 15 is 4.39 Å². The summed E-state index contributed by atoms with van der Waals surface area (Å²) < 4.78 is 126. The van der Waals surface area contributed by atoms with Gasteiger partial charge in [0.2, 0.25) is 10.0 Å². The highest BCUT2D eigenvalue weighted by Gasteiger charge is 2.60. The molecule has 1 saturated carbocycles. The fraction of sp³-hybridized carbons (Fsp3) is 0.455. The smallest absolute Gasteiger partial charge is 0.416 e. The number of hydrogen-bond donors (Lipinski definition) is 1. The van der Waals surface area contributed by atoms with Crippen LogP contribution >= 0.6 is 0 Å². The van der Waals surface area contributed by atoms with Gasteiger partial charge < -0.3 is 4.74 Å². The first kappa shape index (κ1) is 25.8. The standard InChI is InChI=1S/C22H22F5NO5S2/c1-34(29,30)28-11-13-3-2-10-21(16(13)12-33-20-18(24)9-8-17(23)19(20)21)35(31,32)15-6-4-14(5-7-15)22(25,26)27/h4-9,13,16,28H,2-3,10-12H2,1H3/t13-,16-,21-/m0/s1. The Kier molecular flexibility index (Phi) is 6.42. The molecular weight excluding hydrogens is 517 g/mol. The van der Waals surface area contributed by atoms with Crippen molar-refractivity contribution in [2.45, 2.75) is 35.1 Å². The molecule has 1 heterocycles. The maximum absolute atomic E-state index is 15.3. The maximum atomic E-state index is 15.3. The summed E-state index contributed by atoms with van der Waals surface area (Å²) in [5.74, 6) is -4.19. The van der Waals surface area contributed by atoms with Crippen LogP contribution in [0.4, 0.5) is 22.0 Å². The average Bonchev–Trinajstić information content (AvgIpc) is 2.78. The van der Waals surface area contributed by atoms with Crippen LogP contribution in [0.2, 0.25) is 0 Å². The predicted octanol–water partition coefficient (Wildman–Crippen LogP) is 4.01. The largest absolute Gasteiger partial charge is 0.490 e. The number of sulfone groups is 1. The number of benzene rings is 2. The Balaban J connectivity index is 1.92. The van der Waals surface area contributed by atoms with Gasteiger partial charge in [-0.25, -0.2) is 30.3 Å². The third-order valence-electron chi connectivity index (χ3n) is 6.76. The summed E-state index contributed by atoms with van der Waals surface area (Å²) in [6.07, 6.45) is -3.30. The Morgan fingerprint density at radius 2 is 1.66 bits per heavy atom. The van der Waals surface area contributed by atoms with Gasteiger partial charge in [0.25, 0.3) is 0 Å². The minimum atomic E-state index is -4.70. The van der Waals surface area contributed by atoms with Gasteiger partial charge in [0, 0.05) is 12.5 Å². The molecule has 35 heavy (non-hydrogen) atoms. The summed E-state index contributed by atoms with van der Waals surface area (Å²) in [6.45, 7) is -0.507. The molecule has 4 rings (SSSR count). The highest BCUT2D eigenvalue weighted by atomic mass is 32.2. The van der Waals surface area contributed by atoms with Crippen molar-refractivity contribution in [1.29, 1.82) is 0 Å². The molecule has 0 amide bonds. The summed E-state index contributed by atoms with van der Waals surface area (Å²) in [7, 11) is -8.26. The van der Waals surface area contributed by atoms with Gasteiger partial charge >= 0.3 is 6.18 Å². The van der Waals surface area contributed by atoms with Crippen molar-refractivity contribution in [2.24, 2.45) is 11.8 Å². The van der Waals surface area contributed by atoms with E-state index in [0.717, 1.165) is 30.5 Å². The summed E-state index contributed by atoms with van der Waals surface area (Å²) in [4.78, 5) is -0.483. The first-order chi connectivity index (χ1) is 16.2. The quantitative estimate of drug-likeness (QED) is 0.580. The fourth-order valence-corrected chi connectivity index (χ4v) is 8.18. The molecule has 1 fully saturated rings. The van der Waals surface area contributed by atoms with Gasteiger partial charge in [-0.05, 0) is 55.2 Å². The summed E-state index contributed by atoms with van der Waals surface area (Å²) >= 11 is 0. The second-order valence-corrected chi connectivity index (χ2v) is 12.9. The summed E-state index contributed by atoms with van der Waals surface area (Å²) in [6, 6.07) is 4.42. The van der Waals surface area contributed by atoms with E-state index in [9.17, 15) is 34.4 Å². The molecule has 1 aliphatic carbocycles. The zero-order valence-electron chi connectivity index (χ0n) is 18.4. The lowest BCUT2D eigenvalue weighted by molar-refractivity contribution is -0.137. The number of halogens is 5. The summed E-state index contributed by atoms with van der Waals surface area (Å²) in [5.41, 5.74) is -1.58. The molecule has 0 radical (unpaired) electrons. The zero-order chi connectivity index (χ0) is 25.8.